The van der Waals surface area contributed by atoms with Crippen LogP contribution < -0.4 is 10.6 Å². The van der Waals surface area contributed by atoms with Crippen molar-refractivity contribution in [2.45, 2.75) is 12.5 Å². The van der Waals surface area contributed by atoms with Crippen molar-refractivity contribution >= 4 is 24.0 Å². The molecule has 2 heterocycles. The summed E-state index contributed by atoms with van der Waals surface area (Å²) >= 11 is 0. The number of amides is 4. The van der Waals surface area contributed by atoms with Crippen molar-refractivity contribution in [3.63, 3.8) is 0 Å². The lowest BCUT2D eigenvalue weighted by Gasteiger charge is -2.34. The van der Waals surface area contributed by atoms with Crippen LogP contribution in [0.2, 0.25) is 0 Å². The number of urea groups is 2. The van der Waals surface area contributed by atoms with Gasteiger partial charge in [0.2, 0.25) is 0 Å². The number of benzene rings is 1. The predicted molar refractivity (Wildman–Crippen MR) is 83.1 cm³/mol. The van der Waals surface area contributed by atoms with Crippen molar-refractivity contribution in [2.24, 2.45) is 0 Å². The van der Waals surface area contributed by atoms with Crippen LogP contribution in [0.5, 0.6) is 0 Å². The highest BCUT2D eigenvalue weighted by Crippen LogP contribution is 2.37. The lowest BCUT2D eigenvalue weighted by Crippen LogP contribution is -2.54. The molecule has 142 valence electrons. The number of rotatable bonds is 4. The molecule has 0 aromatic heterocycles. The molecule has 0 saturated heterocycles. The van der Waals surface area contributed by atoms with Gasteiger partial charge in [-0.25, -0.2) is 28.1 Å². The number of nitrogens with one attached hydrogen (secondary N) is 2. The van der Waals surface area contributed by atoms with Crippen LogP contribution in [-0.2, 0) is 14.3 Å². The number of aliphatic carboxylic acids is 1. The Kier molecular flexibility index (Phi) is 4.75. The summed E-state index contributed by atoms with van der Waals surface area (Å²) in [5.41, 5.74) is 0.00629. The average Bonchev–Trinajstić information content (AvgIpc) is 2.96. The van der Waals surface area contributed by atoms with Gasteiger partial charge >= 0.3 is 24.0 Å². The molecule has 1 aromatic carbocycles. The number of halogens is 2. The molecular formula is C16H13F2N3O6. The van der Waals surface area contributed by atoms with Crippen molar-refractivity contribution in [1.29, 1.82) is 0 Å². The predicted octanol–water partition coefficient (Wildman–Crippen LogP) is 1.03. The lowest BCUT2D eigenvalue weighted by molar-refractivity contribution is -0.137. The number of carboxylic acids is 1. The third-order valence-corrected chi connectivity index (χ3v) is 3.99. The summed E-state index contributed by atoms with van der Waals surface area (Å²) in [6.07, 6.45) is -0.396. The number of carbonyl (C=O) groups is 4. The van der Waals surface area contributed by atoms with Crippen LogP contribution in [0.1, 0.15) is 18.0 Å². The first-order valence-electron chi connectivity index (χ1n) is 7.74. The van der Waals surface area contributed by atoms with E-state index < -0.39 is 48.1 Å². The highest BCUT2D eigenvalue weighted by atomic mass is 19.2. The van der Waals surface area contributed by atoms with E-state index in [2.05, 4.69) is 10.6 Å². The molecule has 3 N–H and O–H groups in total. The van der Waals surface area contributed by atoms with E-state index in [1.807, 2.05) is 0 Å². The Morgan fingerprint density at radius 3 is 2.70 bits per heavy atom. The van der Waals surface area contributed by atoms with Gasteiger partial charge < -0.3 is 20.5 Å². The summed E-state index contributed by atoms with van der Waals surface area (Å²) in [5.74, 6) is -4.35. The van der Waals surface area contributed by atoms with E-state index in [1.165, 1.54) is 0 Å². The summed E-state index contributed by atoms with van der Waals surface area (Å²) in [6, 6.07) is -0.576. The van der Waals surface area contributed by atoms with Crippen molar-refractivity contribution in [3.05, 3.63) is 46.7 Å². The van der Waals surface area contributed by atoms with E-state index in [1.54, 1.807) is 0 Å². The maximum atomic E-state index is 13.7. The number of carboxylic acid groups (broad SMARTS) is 1. The van der Waals surface area contributed by atoms with Gasteiger partial charge in [-0.3, -0.25) is 4.79 Å². The summed E-state index contributed by atoms with van der Waals surface area (Å²) in [5, 5.41) is 13.2. The van der Waals surface area contributed by atoms with Gasteiger partial charge in [-0.1, -0.05) is 6.07 Å². The Hall–Kier alpha value is -3.50. The van der Waals surface area contributed by atoms with Gasteiger partial charge in [0.25, 0.3) is 0 Å². The molecule has 2 aliphatic heterocycles. The van der Waals surface area contributed by atoms with Gasteiger partial charge in [-0.05, 0) is 17.7 Å². The average molecular weight is 381 g/mol. The van der Waals surface area contributed by atoms with Gasteiger partial charge in [0.15, 0.2) is 11.6 Å². The van der Waals surface area contributed by atoms with Crippen LogP contribution in [0.25, 0.3) is 0 Å². The van der Waals surface area contributed by atoms with E-state index >= 15 is 0 Å². The van der Waals surface area contributed by atoms with Crippen molar-refractivity contribution in [3.8, 4) is 0 Å². The normalized spacial score (nSPS) is 18.7. The van der Waals surface area contributed by atoms with E-state index in [0.717, 1.165) is 18.2 Å². The molecule has 4 amide bonds. The van der Waals surface area contributed by atoms with Gasteiger partial charge in [0.05, 0.1) is 17.7 Å². The molecule has 1 atom stereocenters. The molecule has 0 fully saturated rings. The number of cyclic esters (lactones) is 1. The molecule has 11 heteroatoms. The molecule has 0 bridgehead atoms. The number of imide groups is 1. The summed E-state index contributed by atoms with van der Waals surface area (Å²) in [6.45, 7) is -0.507. The molecule has 0 spiro atoms. The fourth-order valence-electron chi connectivity index (χ4n) is 2.80. The SMILES string of the molecule is O=C(O)CCNC(=O)N1C(=O)NC2=C(C(=O)OC2)C1c1ccc(F)c(F)c1. The minimum Gasteiger partial charge on any atom is -0.481 e. The van der Waals surface area contributed by atoms with Gasteiger partial charge in [-0.15, -0.1) is 0 Å². The Bertz CT molecular complexity index is 885. The molecule has 1 unspecified atom stereocenters. The van der Waals surface area contributed by atoms with Gasteiger partial charge in [0.1, 0.15) is 12.6 Å². The Morgan fingerprint density at radius 1 is 1.30 bits per heavy atom. The molecule has 0 aliphatic carbocycles. The van der Waals surface area contributed by atoms with Crippen LogP contribution in [-0.4, -0.2) is 47.2 Å². The Balaban J connectivity index is 2.00. The molecule has 0 saturated carbocycles. The number of ether oxygens (including phenoxy) is 1. The highest BCUT2D eigenvalue weighted by molar-refractivity contribution is 6.03. The third-order valence-electron chi connectivity index (χ3n) is 3.99. The lowest BCUT2D eigenvalue weighted by atomic mass is 9.94. The van der Waals surface area contributed by atoms with E-state index in [-0.39, 0.29) is 30.0 Å². The first kappa shape index (κ1) is 18.3. The quantitative estimate of drug-likeness (QED) is 0.669. The second kappa shape index (κ2) is 7.02. The molecule has 9 nitrogen and oxygen atoms in total. The van der Waals surface area contributed by atoms with Crippen molar-refractivity contribution in [1.82, 2.24) is 15.5 Å². The molecule has 27 heavy (non-hydrogen) atoms. The minimum atomic E-state index is -1.36. The van der Waals surface area contributed by atoms with Crippen molar-refractivity contribution in [2.75, 3.05) is 13.2 Å². The highest BCUT2D eigenvalue weighted by Gasteiger charge is 2.45. The largest absolute Gasteiger partial charge is 0.481 e. The zero-order valence-electron chi connectivity index (χ0n) is 13.6. The topological polar surface area (TPSA) is 125 Å². The summed E-state index contributed by atoms with van der Waals surface area (Å²) in [4.78, 5) is 48.1. The maximum Gasteiger partial charge on any atom is 0.338 e. The monoisotopic (exact) mass is 381 g/mol. The Labute approximate surface area is 150 Å². The Morgan fingerprint density at radius 2 is 2.04 bits per heavy atom. The van der Waals surface area contributed by atoms with Crippen LogP contribution in [0.3, 0.4) is 0 Å². The number of esters is 1. The van der Waals surface area contributed by atoms with E-state index in [9.17, 15) is 28.0 Å². The first-order valence-corrected chi connectivity index (χ1v) is 7.74. The van der Waals surface area contributed by atoms with Crippen molar-refractivity contribution < 1.29 is 37.8 Å². The second-order valence-electron chi connectivity index (χ2n) is 5.72. The zero-order valence-corrected chi connectivity index (χ0v) is 13.6. The smallest absolute Gasteiger partial charge is 0.338 e. The standard InChI is InChI=1S/C16H13F2N3O6/c17-8-2-1-7(5-9(8)18)13-12-10(6-27-14(12)24)20-16(26)21(13)15(25)19-4-3-11(22)23/h1-2,5,13H,3-4,6H2,(H,19,25)(H,20,26)(H,22,23). The van der Waals surface area contributed by atoms with Crippen LogP contribution in [0.4, 0.5) is 18.4 Å². The number of nitrogens with zero attached hydrogens (tertiary/aromatic N) is 1. The van der Waals surface area contributed by atoms with Gasteiger partial charge in [0, 0.05) is 6.54 Å². The molecular weight excluding hydrogens is 368 g/mol. The number of hydrogen-bond donors (Lipinski definition) is 3. The van der Waals surface area contributed by atoms with Crippen LogP contribution in [0.15, 0.2) is 29.5 Å². The van der Waals surface area contributed by atoms with Gasteiger partial charge in [-0.2, -0.15) is 0 Å². The second-order valence-corrected chi connectivity index (χ2v) is 5.72. The molecule has 1 aromatic rings. The number of carbonyl (C=O) groups excluding carboxylic acids is 3. The van der Waals surface area contributed by atoms with E-state index in [0.29, 0.717) is 4.90 Å². The number of hydrogen-bond acceptors (Lipinski definition) is 5. The molecule has 2 aliphatic rings. The summed E-state index contributed by atoms with van der Waals surface area (Å²) in [7, 11) is 0. The van der Waals surface area contributed by atoms with Crippen LogP contribution in [0, 0.1) is 11.6 Å². The fraction of sp³-hybridized carbons (Fsp3) is 0.250. The maximum absolute atomic E-state index is 13.7. The fourth-order valence-corrected chi connectivity index (χ4v) is 2.80. The summed E-state index contributed by atoms with van der Waals surface area (Å²) < 4.78 is 31.8. The minimum absolute atomic E-state index is 0.0246. The third kappa shape index (κ3) is 3.43. The van der Waals surface area contributed by atoms with E-state index in [4.69, 9.17) is 9.84 Å². The first-order chi connectivity index (χ1) is 12.8. The van der Waals surface area contributed by atoms with Crippen LogP contribution >= 0.6 is 0 Å². The zero-order chi connectivity index (χ0) is 19.7. The molecule has 0 radical (unpaired) electrons. The molecule has 3 rings (SSSR count).